The van der Waals surface area contributed by atoms with Gasteiger partial charge in [-0.2, -0.15) is 0 Å². The van der Waals surface area contributed by atoms with Crippen molar-refractivity contribution in [2.45, 2.75) is 11.8 Å². The number of methoxy groups -OCH3 is 1. The van der Waals surface area contributed by atoms with E-state index in [0.29, 0.717) is 5.69 Å². The summed E-state index contributed by atoms with van der Waals surface area (Å²) >= 11 is 6.13. The summed E-state index contributed by atoms with van der Waals surface area (Å²) in [6, 6.07) is 17.1. The van der Waals surface area contributed by atoms with Crippen molar-refractivity contribution in [1.82, 2.24) is 0 Å². The fourth-order valence-corrected chi connectivity index (χ4v) is 4.47. The van der Waals surface area contributed by atoms with Gasteiger partial charge in [0.15, 0.2) is 0 Å². The first-order chi connectivity index (χ1) is 14.7. The molecule has 3 aromatic carbocycles. The van der Waals surface area contributed by atoms with E-state index in [1.165, 1.54) is 37.4 Å². The van der Waals surface area contributed by atoms with E-state index < -0.39 is 21.9 Å². The van der Waals surface area contributed by atoms with Gasteiger partial charge in [0.2, 0.25) is 0 Å². The van der Waals surface area contributed by atoms with Crippen molar-refractivity contribution in [1.29, 1.82) is 0 Å². The first-order valence-electron chi connectivity index (χ1n) is 9.09. The number of halogens is 1. The molecule has 2 N–H and O–H groups in total. The largest absolute Gasteiger partial charge is 0.465 e. The van der Waals surface area contributed by atoms with Gasteiger partial charge in [0.25, 0.3) is 15.9 Å². The van der Waals surface area contributed by atoms with Crippen LogP contribution in [0.25, 0.3) is 0 Å². The molecule has 3 rings (SSSR count). The van der Waals surface area contributed by atoms with Crippen LogP contribution in [0.4, 0.5) is 11.4 Å². The SMILES string of the molecule is COC(=O)c1ccccc1NC(=O)c1ccc(Cl)c(S(=O)(=O)Nc2ccccc2C)c1. The number of carbonyl (C=O) groups excluding carboxylic acids is 2. The number of hydrogen-bond donors (Lipinski definition) is 2. The molecule has 0 fully saturated rings. The number of benzene rings is 3. The highest BCUT2D eigenvalue weighted by atomic mass is 35.5. The molecule has 1 amide bonds. The molecule has 0 bridgehead atoms. The van der Waals surface area contributed by atoms with Crippen LogP contribution in [0.3, 0.4) is 0 Å². The van der Waals surface area contributed by atoms with Gasteiger partial charge in [-0.1, -0.05) is 41.9 Å². The molecule has 9 heteroatoms. The highest BCUT2D eigenvalue weighted by Gasteiger charge is 2.22. The molecule has 160 valence electrons. The van der Waals surface area contributed by atoms with Crippen molar-refractivity contribution in [3.05, 3.63) is 88.4 Å². The molecule has 0 aromatic heterocycles. The summed E-state index contributed by atoms with van der Waals surface area (Å²) in [6.45, 7) is 1.77. The van der Waals surface area contributed by atoms with Crippen LogP contribution in [-0.4, -0.2) is 27.4 Å². The number of para-hydroxylation sites is 2. The van der Waals surface area contributed by atoms with E-state index in [-0.39, 0.29) is 26.7 Å². The zero-order chi connectivity index (χ0) is 22.6. The molecule has 0 aliphatic carbocycles. The molecular weight excluding hydrogens is 440 g/mol. The summed E-state index contributed by atoms with van der Waals surface area (Å²) in [6.07, 6.45) is 0. The molecule has 0 heterocycles. The van der Waals surface area contributed by atoms with Gasteiger partial charge in [0, 0.05) is 5.56 Å². The second-order valence-electron chi connectivity index (χ2n) is 6.56. The topological polar surface area (TPSA) is 102 Å². The summed E-state index contributed by atoms with van der Waals surface area (Å²) in [5.74, 6) is -1.22. The molecule has 7 nitrogen and oxygen atoms in total. The Morgan fingerprint density at radius 1 is 0.935 bits per heavy atom. The van der Waals surface area contributed by atoms with E-state index >= 15 is 0 Å². The number of rotatable bonds is 6. The third-order valence-corrected chi connectivity index (χ3v) is 6.30. The monoisotopic (exact) mass is 458 g/mol. The van der Waals surface area contributed by atoms with Crippen LogP contribution >= 0.6 is 11.6 Å². The molecule has 0 spiro atoms. The maximum absolute atomic E-state index is 12.9. The summed E-state index contributed by atoms with van der Waals surface area (Å²) in [7, 11) is -2.82. The number of carbonyl (C=O) groups is 2. The number of aryl methyl sites for hydroxylation is 1. The van der Waals surface area contributed by atoms with Gasteiger partial charge in [-0.05, 0) is 48.9 Å². The molecule has 0 unspecified atom stereocenters. The Labute approximate surface area is 185 Å². The van der Waals surface area contributed by atoms with E-state index in [9.17, 15) is 18.0 Å². The number of nitrogens with one attached hydrogen (secondary N) is 2. The second kappa shape index (κ2) is 9.20. The quantitative estimate of drug-likeness (QED) is 0.530. The van der Waals surface area contributed by atoms with E-state index in [1.807, 2.05) is 0 Å². The average molecular weight is 459 g/mol. The van der Waals surface area contributed by atoms with Crippen molar-refractivity contribution in [2.75, 3.05) is 17.1 Å². The summed E-state index contributed by atoms with van der Waals surface area (Å²) in [5.41, 5.74) is 1.59. The Hall–Kier alpha value is -3.36. The predicted molar refractivity (Wildman–Crippen MR) is 119 cm³/mol. The third-order valence-electron chi connectivity index (χ3n) is 4.45. The Bertz CT molecular complexity index is 1260. The van der Waals surface area contributed by atoms with Gasteiger partial charge in [-0.3, -0.25) is 9.52 Å². The Balaban J connectivity index is 1.92. The number of sulfonamides is 1. The van der Waals surface area contributed by atoms with Crippen LogP contribution in [-0.2, 0) is 14.8 Å². The molecule has 0 saturated heterocycles. The number of ether oxygens (including phenoxy) is 1. The van der Waals surface area contributed by atoms with Crippen LogP contribution in [0.5, 0.6) is 0 Å². The Morgan fingerprint density at radius 2 is 1.58 bits per heavy atom. The molecule has 0 atom stereocenters. The van der Waals surface area contributed by atoms with Crippen LogP contribution in [0.1, 0.15) is 26.3 Å². The predicted octanol–water partition coefficient (Wildman–Crippen LogP) is 4.49. The first-order valence-corrected chi connectivity index (χ1v) is 11.0. The van der Waals surface area contributed by atoms with Gasteiger partial charge >= 0.3 is 5.97 Å². The lowest BCUT2D eigenvalue weighted by Crippen LogP contribution is -2.18. The van der Waals surface area contributed by atoms with Crippen LogP contribution in [0.2, 0.25) is 5.02 Å². The number of amides is 1. The van der Waals surface area contributed by atoms with Crippen molar-refractivity contribution in [2.24, 2.45) is 0 Å². The van der Waals surface area contributed by atoms with Gasteiger partial charge in [0.05, 0.1) is 29.1 Å². The van der Waals surface area contributed by atoms with Gasteiger partial charge < -0.3 is 10.1 Å². The first kappa shape index (κ1) is 22.3. The Kier molecular flexibility index (Phi) is 6.62. The Morgan fingerprint density at radius 3 is 2.26 bits per heavy atom. The smallest absolute Gasteiger partial charge is 0.339 e. The zero-order valence-electron chi connectivity index (χ0n) is 16.7. The average Bonchev–Trinajstić information content (AvgIpc) is 2.75. The molecule has 0 radical (unpaired) electrons. The van der Waals surface area contributed by atoms with E-state index in [4.69, 9.17) is 16.3 Å². The molecule has 0 aliphatic rings. The number of anilines is 2. The maximum Gasteiger partial charge on any atom is 0.339 e. The minimum absolute atomic E-state index is 0.0346. The number of hydrogen-bond acceptors (Lipinski definition) is 5. The highest BCUT2D eigenvalue weighted by molar-refractivity contribution is 7.92. The lowest BCUT2D eigenvalue weighted by molar-refractivity contribution is 0.0602. The fraction of sp³-hybridized carbons (Fsp3) is 0.0909. The maximum atomic E-state index is 12.9. The number of esters is 1. The highest BCUT2D eigenvalue weighted by Crippen LogP contribution is 2.27. The minimum Gasteiger partial charge on any atom is -0.465 e. The summed E-state index contributed by atoms with van der Waals surface area (Å²) in [4.78, 5) is 24.4. The lowest BCUT2D eigenvalue weighted by Gasteiger charge is -2.13. The standard InChI is InChI=1S/C22H19ClN2O5S/c1-14-7-3-5-9-18(14)25-31(28,29)20-13-15(11-12-17(20)23)21(26)24-19-10-6-4-8-16(19)22(27)30-2/h3-13,25H,1-2H3,(H,24,26). The van der Waals surface area contributed by atoms with E-state index in [1.54, 1.807) is 43.3 Å². The fourth-order valence-electron chi connectivity index (χ4n) is 2.81. The molecular formula is C22H19ClN2O5S. The lowest BCUT2D eigenvalue weighted by atomic mass is 10.1. The molecule has 3 aromatic rings. The van der Waals surface area contributed by atoms with E-state index in [0.717, 1.165) is 5.56 Å². The summed E-state index contributed by atoms with van der Waals surface area (Å²) in [5, 5.41) is 2.57. The van der Waals surface area contributed by atoms with Crippen LogP contribution < -0.4 is 10.0 Å². The minimum atomic E-state index is -4.06. The molecule has 0 aliphatic heterocycles. The van der Waals surface area contributed by atoms with E-state index in [2.05, 4.69) is 10.0 Å². The van der Waals surface area contributed by atoms with Gasteiger partial charge in [0.1, 0.15) is 4.90 Å². The molecule has 31 heavy (non-hydrogen) atoms. The summed E-state index contributed by atoms with van der Waals surface area (Å²) < 4.78 is 33.0. The van der Waals surface area contributed by atoms with Crippen molar-refractivity contribution in [3.63, 3.8) is 0 Å². The third kappa shape index (κ3) is 5.04. The van der Waals surface area contributed by atoms with Crippen LogP contribution in [0, 0.1) is 6.92 Å². The normalized spacial score (nSPS) is 10.9. The van der Waals surface area contributed by atoms with Gasteiger partial charge in [-0.15, -0.1) is 0 Å². The van der Waals surface area contributed by atoms with Crippen molar-refractivity contribution in [3.8, 4) is 0 Å². The zero-order valence-corrected chi connectivity index (χ0v) is 18.3. The van der Waals surface area contributed by atoms with Gasteiger partial charge in [-0.25, -0.2) is 13.2 Å². The van der Waals surface area contributed by atoms with Crippen molar-refractivity contribution >= 4 is 44.9 Å². The molecule has 0 saturated carbocycles. The second-order valence-corrected chi connectivity index (χ2v) is 8.61. The van der Waals surface area contributed by atoms with Crippen molar-refractivity contribution < 1.29 is 22.7 Å². The van der Waals surface area contributed by atoms with Crippen LogP contribution in [0.15, 0.2) is 71.6 Å².